The molecule has 3 aromatic rings. The minimum atomic E-state index is -0.713. The number of carbonyl (C=O) groups excluding carboxylic acids is 1. The lowest BCUT2D eigenvalue weighted by atomic mass is 10.1. The summed E-state index contributed by atoms with van der Waals surface area (Å²) < 4.78 is 6.96. The van der Waals surface area contributed by atoms with Gasteiger partial charge < -0.3 is 15.1 Å². The number of amides is 1. The molecule has 142 valence electrons. The molecule has 8 nitrogen and oxygen atoms in total. The molecule has 8 heteroatoms. The van der Waals surface area contributed by atoms with Gasteiger partial charge in [0.25, 0.3) is 11.5 Å². The molecule has 0 spiro atoms. The summed E-state index contributed by atoms with van der Waals surface area (Å²) in [5.74, 6) is -0.424. The van der Waals surface area contributed by atoms with E-state index in [1.54, 1.807) is 13.0 Å². The Balaban J connectivity index is 2.08. The van der Waals surface area contributed by atoms with Gasteiger partial charge in [0.1, 0.15) is 11.4 Å². The smallest absolute Gasteiger partial charge is 0.330 e. The number of aromatic amines is 1. The van der Waals surface area contributed by atoms with Crippen LogP contribution in [0.15, 0.2) is 38.3 Å². The maximum Gasteiger partial charge on any atom is 0.330 e. The number of aromatic nitrogens is 2. The maximum absolute atomic E-state index is 13.0. The Hall–Kier alpha value is -3.29. The summed E-state index contributed by atoms with van der Waals surface area (Å²) in [6, 6.07) is 7.30. The van der Waals surface area contributed by atoms with Crippen molar-refractivity contribution in [1.29, 1.82) is 0 Å². The molecule has 0 fully saturated rings. The van der Waals surface area contributed by atoms with Crippen molar-refractivity contribution >= 4 is 28.4 Å². The summed E-state index contributed by atoms with van der Waals surface area (Å²) in [6.07, 6.45) is 1.57. The molecule has 3 rings (SSSR count). The predicted molar refractivity (Wildman–Crippen MR) is 104 cm³/mol. The van der Waals surface area contributed by atoms with Crippen molar-refractivity contribution in [3.05, 3.63) is 56.4 Å². The van der Waals surface area contributed by atoms with Gasteiger partial charge in [0.2, 0.25) is 0 Å². The van der Waals surface area contributed by atoms with E-state index in [1.165, 1.54) is 11.6 Å². The predicted octanol–water partition coefficient (Wildman–Crippen LogP) is 2.25. The van der Waals surface area contributed by atoms with Crippen LogP contribution in [-0.2, 0) is 6.54 Å². The Kier molecular flexibility index (Phi) is 4.89. The summed E-state index contributed by atoms with van der Waals surface area (Å²) >= 11 is 0. The molecule has 1 amide bonds. The van der Waals surface area contributed by atoms with Crippen molar-refractivity contribution in [2.75, 3.05) is 17.7 Å². The standard InChI is InChI=1S/C19H22N4O4/c1-4-5-10-23-16(20)14(17(24)21-19(23)26)22(3)18(25)15-11(2)12-8-6-7-9-13(12)27-15/h6-9H,4-5,10,20H2,1-3H3,(H,21,24,26). The van der Waals surface area contributed by atoms with Gasteiger partial charge in [0.05, 0.1) is 0 Å². The molecular formula is C19H22N4O4. The second-order valence-electron chi connectivity index (χ2n) is 6.41. The van der Waals surface area contributed by atoms with Crippen LogP contribution in [-0.4, -0.2) is 22.5 Å². The van der Waals surface area contributed by atoms with Crippen molar-refractivity contribution < 1.29 is 9.21 Å². The van der Waals surface area contributed by atoms with Gasteiger partial charge >= 0.3 is 5.69 Å². The number of rotatable bonds is 5. The topological polar surface area (TPSA) is 114 Å². The molecule has 1 aromatic carbocycles. The Morgan fingerprint density at radius 3 is 2.67 bits per heavy atom. The molecule has 27 heavy (non-hydrogen) atoms. The Labute approximate surface area is 155 Å². The number of hydrogen-bond donors (Lipinski definition) is 2. The van der Waals surface area contributed by atoms with Gasteiger partial charge in [-0.2, -0.15) is 0 Å². The van der Waals surface area contributed by atoms with Crippen molar-refractivity contribution in [3.63, 3.8) is 0 Å². The Bertz CT molecular complexity index is 1120. The zero-order chi connectivity index (χ0) is 19.7. The second-order valence-corrected chi connectivity index (χ2v) is 6.41. The minimum absolute atomic E-state index is 0.0400. The van der Waals surface area contributed by atoms with Crippen LogP contribution in [0, 0.1) is 6.92 Å². The lowest BCUT2D eigenvalue weighted by Crippen LogP contribution is -2.39. The number of fused-ring (bicyclic) bond motifs is 1. The first-order chi connectivity index (χ1) is 12.9. The van der Waals surface area contributed by atoms with E-state index < -0.39 is 17.2 Å². The number of H-pyrrole nitrogens is 1. The number of aryl methyl sites for hydroxylation is 1. The summed E-state index contributed by atoms with van der Waals surface area (Å²) in [4.78, 5) is 40.8. The molecular weight excluding hydrogens is 348 g/mol. The molecule has 0 aliphatic heterocycles. The molecule has 0 saturated carbocycles. The third-order valence-corrected chi connectivity index (χ3v) is 4.63. The maximum atomic E-state index is 13.0. The van der Waals surface area contributed by atoms with Crippen LogP contribution < -0.4 is 21.9 Å². The van der Waals surface area contributed by atoms with Crippen molar-refractivity contribution in [2.45, 2.75) is 33.2 Å². The van der Waals surface area contributed by atoms with E-state index in [0.29, 0.717) is 17.7 Å². The zero-order valence-corrected chi connectivity index (χ0v) is 15.5. The number of furan rings is 1. The highest BCUT2D eigenvalue weighted by atomic mass is 16.3. The first-order valence-corrected chi connectivity index (χ1v) is 8.75. The lowest BCUT2D eigenvalue weighted by molar-refractivity contribution is 0.0967. The average molecular weight is 370 g/mol. The van der Waals surface area contributed by atoms with Crippen molar-refractivity contribution in [1.82, 2.24) is 9.55 Å². The number of unbranched alkanes of at least 4 members (excludes halogenated alkanes) is 1. The minimum Gasteiger partial charge on any atom is -0.451 e. The Morgan fingerprint density at radius 2 is 2.00 bits per heavy atom. The van der Waals surface area contributed by atoms with Gasteiger partial charge in [-0.15, -0.1) is 0 Å². The fraction of sp³-hybridized carbons (Fsp3) is 0.316. The van der Waals surface area contributed by atoms with Gasteiger partial charge in [0.15, 0.2) is 11.4 Å². The lowest BCUT2D eigenvalue weighted by Gasteiger charge is -2.19. The van der Waals surface area contributed by atoms with Gasteiger partial charge in [-0.05, 0) is 19.4 Å². The van der Waals surface area contributed by atoms with Crippen LogP contribution in [0.2, 0.25) is 0 Å². The number of nitrogens with two attached hydrogens (primary N) is 1. The number of para-hydroxylation sites is 1. The average Bonchev–Trinajstić information content (AvgIpc) is 2.97. The number of nitrogens with zero attached hydrogens (tertiary/aromatic N) is 2. The molecule has 0 aliphatic rings. The van der Waals surface area contributed by atoms with E-state index in [-0.39, 0.29) is 17.3 Å². The third-order valence-electron chi connectivity index (χ3n) is 4.63. The van der Waals surface area contributed by atoms with E-state index in [4.69, 9.17) is 10.2 Å². The van der Waals surface area contributed by atoms with Crippen LogP contribution in [0.3, 0.4) is 0 Å². The van der Waals surface area contributed by atoms with Crippen LogP contribution >= 0.6 is 0 Å². The van der Waals surface area contributed by atoms with Crippen LogP contribution in [0.25, 0.3) is 11.0 Å². The number of benzene rings is 1. The first kappa shape index (κ1) is 18.5. The fourth-order valence-corrected chi connectivity index (χ4v) is 3.07. The van der Waals surface area contributed by atoms with Gasteiger partial charge in [0, 0.05) is 24.5 Å². The van der Waals surface area contributed by atoms with Crippen LogP contribution in [0.4, 0.5) is 11.5 Å². The summed E-state index contributed by atoms with van der Waals surface area (Å²) in [7, 11) is 1.44. The van der Waals surface area contributed by atoms with E-state index in [0.717, 1.165) is 23.1 Å². The second kappa shape index (κ2) is 7.14. The number of nitrogens with one attached hydrogen (secondary N) is 1. The number of hydrogen-bond acceptors (Lipinski definition) is 5. The molecule has 0 saturated heterocycles. The molecule has 0 unspecified atom stereocenters. The quantitative estimate of drug-likeness (QED) is 0.715. The van der Waals surface area contributed by atoms with Crippen LogP contribution in [0.1, 0.15) is 35.9 Å². The molecule has 2 aromatic heterocycles. The Morgan fingerprint density at radius 1 is 1.30 bits per heavy atom. The van der Waals surface area contributed by atoms with Gasteiger partial charge in [-0.3, -0.25) is 19.1 Å². The number of anilines is 2. The summed E-state index contributed by atoms with van der Waals surface area (Å²) in [6.45, 7) is 4.12. The fourth-order valence-electron chi connectivity index (χ4n) is 3.07. The van der Waals surface area contributed by atoms with Crippen molar-refractivity contribution in [3.8, 4) is 0 Å². The summed E-state index contributed by atoms with van der Waals surface area (Å²) in [5.41, 5.74) is 5.96. The van der Waals surface area contributed by atoms with Crippen molar-refractivity contribution in [2.24, 2.45) is 0 Å². The normalized spacial score (nSPS) is 11.1. The third kappa shape index (κ3) is 3.14. The SMILES string of the molecule is CCCCn1c(N)c(N(C)C(=O)c2oc3ccccc3c2C)c(=O)[nH]c1=O. The molecule has 0 radical (unpaired) electrons. The highest BCUT2D eigenvalue weighted by Crippen LogP contribution is 2.27. The van der Waals surface area contributed by atoms with Gasteiger partial charge in [-0.25, -0.2) is 4.79 Å². The van der Waals surface area contributed by atoms with Crippen LogP contribution in [0.5, 0.6) is 0 Å². The highest BCUT2D eigenvalue weighted by Gasteiger charge is 2.26. The molecule has 0 atom stereocenters. The number of nitrogen functional groups attached to an aromatic ring is 1. The van der Waals surface area contributed by atoms with E-state index in [9.17, 15) is 14.4 Å². The van der Waals surface area contributed by atoms with Gasteiger partial charge in [-0.1, -0.05) is 31.5 Å². The largest absolute Gasteiger partial charge is 0.451 e. The zero-order valence-electron chi connectivity index (χ0n) is 15.5. The van der Waals surface area contributed by atoms with E-state index >= 15 is 0 Å². The summed E-state index contributed by atoms with van der Waals surface area (Å²) in [5, 5.41) is 0.823. The monoisotopic (exact) mass is 370 g/mol. The highest BCUT2D eigenvalue weighted by molar-refractivity contribution is 6.08. The molecule has 0 aliphatic carbocycles. The van der Waals surface area contributed by atoms with E-state index in [1.807, 2.05) is 25.1 Å². The van der Waals surface area contributed by atoms with E-state index in [2.05, 4.69) is 4.98 Å². The molecule has 0 bridgehead atoms. The number of carbonyl (C=O) groups is 1. The molecule has 2 heterocycles. The molecule has 3 N–H and O–H groups in total. The first-order valence-electron chi connectivity index (χ1n) is 8.75.